The van der Waals surface area contributed by atoms with E-state index < -0.39 is 0 Å². The Morgan fingerprint density at radius 2 is 1.52 bits per heavy atom. The molecule has 0 fully saturated rings. The SMILES string of the molecule is COc1cccc(OC)c1C(=O)Nc1ccc(Nc2ccc(C(C)C)cc2)nc1. The molecule has 0 atom stereocenters. The number of benzene rings is 2. The molecule has 0 spiro atoms. The van der Waals surface area contributed by atoms with Crippen LogP contribution in [0.4, 0.5) is 17.2 Å². The first-order valence-electron chi connectivity index (χ1n) is 9.37. The Hall–Kier alpha value is -3.54. The van der Waals surface area contributed by atoms with Crippen LogP contribution in [0.25, 0.3) is 0 Å². The van der Waals surface area contributed by atoms with E-state index in [2.05, 4.69) is 41.6 Å². The number of carbonyl (C=O) groups excluding carboxylic acids is 1. The van der Waals surface area contributed by atoms with E-state index in [1.165, 1.54) is 19.8 Å². The first-order valence-corrected chi connectivity index (χ1v) is 9.37. The van der Waals surface area contributed by atoms with Gasteiger partial charge in [-0.2, -0.15) is 0 Å². The number of hydrogen-bond acceptors (Lipinski definition) is 5. The zero-order valence-corrected chi connectivity index (χ0v) is 17.0. The molecule has 2 N–H and O–H groups in total. The van der Waals surface area contributed by atoms with Crippen molar-refractivity contribution >= 4 is 23.1 Å². The molecule has 2 aromatic carbocycles. The summed E-state index contributed by atoms with van der Waals surface area (Å²) >= 11 is 0. The smallest absolute Gasteiger partial charge is 0.263 e. The van der Waals surface area contributed by atoms with Crippen molar-refractivity contribution in [3.63, 3.8) is 0 Å². The van der Waals surface area contributed by atoms with Crippen LogP contribution in [0.3, 0.4) is 0 Å². The summed E-state index contributed by atoms with van der Waals surface area (Å²) in [5.41, 5.74) is 3.15. The van der Waals surface area contributed by atoms with Gasteiger partial charge in [-0.25, -0.2) is 4.98 Å². The van der Waals surface area contributed by atoms with Crippen molar-refractivity contribution in [2.45, 2.75) is 19.8 Å². The van der Waals surface area contributed by atoms with Crippen molar-refractivity contribution in [3.8, 4) is 11.5 Å². The van der Waals surface area contributed by atoms with Crippen LogP contribution < -0.4 is 20.1 Å². The number of anilines is 3. The van der Waals surface area contributed by atoms with Gasteiger partial charge in [0.25, 0.3) is 5.91 Å². The first kappa shape index (κ1) is 20.2. The molecule has 29 heavy (non-hydrogen) atoms. The Balaban J connectivity index is 1.70. The van der Waals surface area contributed by atoms with Crippen LogP contribution in [-0.2, 0) is 0 Å². The van der Waals surface area contributed by atoms with Crippen LogP contribution in [0.5, 0.6) is 11.5 Å². The fraction of sp³-hybridized carbons (Fsp3) is 0.217. The van der Waals surface area contributed by atoms with Gasteiger partial charge in [0.15, 0.2) is 0 Å². The molecule has 0 unspecified atom stereocenters. The van der Waals surface area contributed by atoms with Gasteiger partial charge in [-0.05, 0) is 47.9 Å². The van der Waals surface area contributed by atoms with Crippen LogP contribution in [0.1, 0.15) is 35.7 Å². The van der Waals surface area contributed by atoms with Gasteiger partial charge in [-0.15, -0.1) is 0 Å². The topological polar surface area (TPSA) is 72.5 Å². The van der Waals surface area contributed by atoms with Crippen LogP contribution in [0.15, 0.2) is 60.8 Å². The van der Waals surface area contributed by atoms with Gasteiger partial charge in [-0.1, -0.05) is 32.0 Å². The van der Waals surface area contributed by atoms with E-state index in [0.717, 1.165) is 5.69 Å². The summed E-state index contributed by atoms with van der Waals surface area (Å²) in [5.74, 6) is 1.74. The second-order valence-electron chi connectivity index (χ2n) is 6.83. The van der Waals surface area contributed by atoms with Gasteiger partial charge in [-0.3, -0.25) is 4.79 Å². The lowest BCUT2D eigenvalue weighted by Crippen LogP contribution is -2.14. The van der Waals surface area contributed by atoms with Crippen molar-refractivity contribution < 1.29 is 14.3 Å². The van der Waals surface area contributed by atoms with Crippen molar-refractivity contribution in [3.05, 3.63) is 71.9 Å². The molecule has 0 saturated heterocycles. The molecule has 0 aliphatic carbocycles. The minimum atomic E-state index is -0.328. The van der Waals surface area contributed by atoms with Crippen LogP contribution in [0, 0.1) is 0 Å². The average molecular weight is 391 g/mol. The van der Waals surface area contributed by atoms with Crippen LogP contribution >= 0.6 is 0 Å². The molecular weight excluding hydrogens is 366 g/mol. The summed E-state index contributed by atoms with van der Waals surface area (Å²) in [6.45, 7) is 4.33. The fourth-order valence-electron chi connectivity index (χ4n) is 2.91. The zero-order valence-electron chi connectivity index (χ0n) is 17.0. The standard InChI is InChI=1S/C23H25N3O3/c1-15(2)16-8-10-17(11-9-16)25-21-13-12-18(14-24-21)26-23(27)22-19(28-3)6-5-7-20(22)29-4/h5-15H,1-4H3,(H,24,25)(H,26,27). The highest BCUT2D eigenvalue weighted by Crippen LogP contribution is 2.29. The van der Waals surface area contributed by atoms with E-state index in [1.807, 2.05) is 18.2 Å². The maximum atomic E-state index is 12.7. The summed E-state index contributed by atoms with van der Waals surface area (Å²) in [5, 5.41) is 6.08. The lowest BCUT2D eigenvalue weighted by atomic mass is 10.0. The third-order valence-electron chi connectivity index (χ3n) is 4.53. The molecule has 0 radical (unpaired) electrons. The van der Waals surface area contributed by atoms with Gasteiger partial charge in [0.1, 0.15) is 22.9 Å². The first-order chi connectivity index (χ1) is 14.0. The molecule has 1 aromatic heterocycles. The number of rotatable bonds is 7. The molecule has 0 bridgehead atoms. The predicted octanol–water partition coefficient (Wildman–Crippen LogP) is 5.22. The van der Waals surface area contributed by atoms with E-state index >= 15 is 0 Å². The monoisotopic (exact) mass is 391 g/mol. The number of nitrogens with one attached hydrogen (secondary N) is 2. The second kappa shape index (κ2) is 9.10. The van der Waals surface area contributed by atoms with Crippen LogP contribution in [0.2, 0.25) is 0 Å². The summed E-state index contributed by atoms with van der Waals surface area (Å²) in [6.07, 6.45) is 1.60. The normalized spacial score (nSPS) is 10.5. The summed E-state index contributed by atoms with van der Waals surface area (Å²) in [6, 6.07) is 17.1. The summed E-state index contributed by atoms with van der Waals surface area (Å²) in [4.78, 5) is 17.1. The lowest BCUT2D eigenvalue weighted by molar-refractivity contribution is 0.102. The number of carbonyl (C=O) groups is 1. The number of hydrogen-bond donors (Lipinski definition) is 2. The van der Waals surface area contributed by atoms with Crippen molar-refractivity contribution in [1.29, 1.82) is 0 Å². The number of pyridine rings is 1. The van der Waals surface area contributed by atoms with Gasteiger partial charge < -0.3 is 20.1 Å². The average Bonchev–Trinajstić information content (AvgIpc) is 2.74. The third-order valence-corrected chi connectivity index (χ3v) is 4.53. The Morgan fingerprint density at radius 3 is 2.03 bits per heavy atom. The minimum Gasteiger partial charge on any atom is -0.496 e. The molecule has 6 heteroatoms. The second-order valence-corrected chi connectivity index (χ2v) is 6.83. The molecule has 150 valence electrons. The molecule has 0 aliphatic rings. The third kappa shape index (κ3) is 4.85. The van der Waals surface area contributed by atoms with Crippen molar-refractivity contribution in [2.24, 2.45) is 0 Å². The fourth-order valence-corrected chi connectivity index (χ4v) is 2.91. The van der Waals surface area contributed by atoms with Gasteiger partial charge in [0.05, 0.1) is 26.1 Å². The number of nitrogens with zero attached hydrogens (tertiary/aromatic N) is 1. The Bertz CT molecular complexity index is 945. The molecule has 6 nitrogen and oxygen atoms in total. The maximum Gasteiger partial charge on any atom is 0.263 e. The molecule has 1 amide bonds. The van der Waals surface area contributed by atoms with E-state index in [0.29, 0.717) is 34.5 Å². The number of amides is 1. The summed E-state index contributed by atoms with van der Waals surface area (Å²) < 4.78 is 10.6. The Morgan fingerprint density at radius 1 is 0.897 bits per heavy atom. The minimum absolute atomic E-state index is 0.328. The van der Waals surface area contributed by atoms with Crippen molar-refractivity contribution in [2.75, 3.05) is 24.9 Å². The Labute approximate surface area is 170 Å². The summed E-state index contributed by atoms with van der Waals surface area (Å²) in [7, 11) is 3.03. The van der Waals surface area contributed by atoms with Gasteiger partial charge >= 0.3 is 0 Å². The largest absolute Gasteiger partial charge is 0.496 e. The molecule has 3 aromatic rings. The number of ether oxygens (including phenoxy) is 2. The number of aromatic nitrogens is 1. The highest BCUT2D eigenvalue weighted by atomic mass is 16.5. The number of methoxy groups -OCH3 is 2. The molecular formula is C23H25N3O3. The van der Waals surface area contributed by atoms with Crippen LogP contribution in [-0.4, -0.2) is 25.1 Å². The molecule has 3 rings (SSSR count). The van der Waals surface area contributed by atoms with Gasteiger partial charge in [0.2, 0.25) is 0 Å². The quantitative estimate of drug-likeness (QED) is 0.578. The molecule has 1 heterocycles. The van der Waals surface area contributed by atoms with E-state index in [4.69, 9.17) is 9.47 Å². The highest BCUT2D eigenvalue weighted by Gasteiger charge is 2.18. The maximum absolute atomic E-state index is 12.7. The van der Waals surface area contributed by atoms with E-state index in [9.17, 15) is 4.79 Å². The molecule has 0 aliphatic heterocycles. The molecule has 0 saturated carbocycles. The van der Waals surface area contributed by atoms with Crippen molar-refractivity contribution in [1.82, 2.24) is 4.98 Å². The lowest BCUT2D eigenvalue weighted by Gasteiger charge is -2.13. The zero-order chi connectivity index (χ0) is 20.8. The highest BCUT2D eigenvalue weighted by molar-refractivity contribution is 6.08. The predicted molar refractivity (Wildman–Crippen MR) is 116 cm³/mol. The Kier molecular flexibility index (Phi) is 6.34. The van der Waals surface area contributed by atoms with Gasteiger partial charge in [0, 0.05) is 5.69 Å². The van der Waals surface area contributed by atoms with E-state index in [1.54, 1.807) is 30.5 Å². The van der Waals surface area contributed by atoms with E-state index in [-0.39, 0.29) is 5.91 Å².